The van der Waals surface area contributed by atoms with E-state index in [1.165, 1.54) is 21.9 Å². The van der Waals surface area contributed by atoms with E-state index < -0.39 is 0 Å². The first-order valence-electron chi connectivity index (χ1n) is 23.1. The van der Waals surface area contributed by atoms with Crippen LogP contribution in [-0.4, -0.2) is 0 Å². The Morgan fingerprint density at radius 3 is 0.941 bits per heavy atom. The van der Waals surface area contributed by atoms with Gasteiger partial charge >= 0.3 is 0 Å². The molecule has 11 rings (SSSR count). The standard InChI is InChI=1S/C64H48N4/c1-5-18-53(19-6-1)65-54-36-42-62(43-37-54)68(64-27-15-17-52-16-13-14-26-63(52)64)61-40-34-51(35-41-61)49-30-28-48(29-31-49)50-32-38-58(39-33-50)67(57-24-11-4-12-25-57)60-46-44-59(45-47-60)66(55-20-7-2-8-21-55)56-22-9-3-10-23-56/h1-47,65H. The molecule has 0 spiro atoms. The molecule has 0 aliphatic heterocycles. The molecule has 0 amide bonds. The molecule has 68 heavy (non-hydrogen) atoms. The molecular weight excluding hydrogens is 825 g/mol. The lowest BCUT2D eigenvalue weighted by Gasteiger charge is -2.28. The Labute approximate surface area is 398 Å². The van der Waals surface area contributed by atoms with E-state index in [9.17, 15) is 0 Å². The van der Waals surface area contributed by atoms with Gasteiger partial charge in [0.05, 0.1) is 5.69 Å². The van der Waals surface area contributed by atoms with Crippen LogP contribution in [0, 0.1) is 0 Å². The zero-order valence-corrected chi connectivity index (χ0v) is 37.5. The lowest BCUT2D eigenvalue weighted by atomic mass is 9.99. The normalized spacial score (nSPS) is 10.9. The van der Waals surface area contributed by atoms with Gasteiger partial charge in [0, 0.05) is 62.3 Å². The molecule has 4 nitrogen and oxygen atoms in total. The van der Waals surface area contributed by atoms with E-state index in [-0.39, 0.29) is 0 Å². The fraction of sp³-hybridized carbons (Fsp3) is 0. The topological polar surface area (TPSA) is 21.8 Å². The van der Waals surface area contributed by atoms with E-state index >= 15 is 0 Å². The molecule has 0 aliphatic carbocycles. The predicted molar refractivity (Wildman–Crippen MR) is 289 cm³/mol. The highest BCUT2D eigenvalue weighted by molar-refractivity contribution is 5.99. The smallest absolute Gasteiger partial charge is 0.0540 e. The van der Waals surface area contributed by atoms with Gasteiger partial charge in [0.25, 0.3) is 0 Å². The van der Waals surface area contributed by atoms with Gasteiger partial charge in [0.1, 0.15) is 0 Å². The minimum atomic E-state index is 1.04. The molecule has 0 saturated heterocycles. The van der Waals surface area contributed by atoms with Crippen molar-refractivity contribution in [1.29, 1.82) is 0 Å². The fourth-order valence-corrected chi connectivity index (χ4v) is 9.05. The fourth-order valence-electron chi connectivity index (χ4n) is 9.05. The molecule has 0 aliphatic rings. The van der Waals surface area contributed by atoms with Crippen molar-refractivity contribution in [3.63, 3.8) is 0 Å². The van der Waals surface area contributed by atoms with E-state index in [4.69, 9.17) is 0 Å². The number of benzene rings is 11. The number of fused-ring (bicyclic) bond motifs is 1. The van der Waals surface area contributed by atoms with E-state index in [1.54, 1.807) is 0 Å². The van der Waals surface area contributed by atoms with Crippen LogP contribution in [0.3, 0.4) is 0 Å². The monoisotopic (exact) mass is 872 g/mol. The molecule has 0 saturated carbocycles. The second-order valence-corrected chi connectivity index (χ2v) is 16.7. The van der Waals surface area contributed by atoms with Gasteiger partial charge in [-0.3, -0.25) is 0 Å². The molecule has 0 atom stereocenters. The summed E-state index contributed by atoms with van der Waals surface area (Å²) in [4.78, 5) is 6.96. The summed E-state index contributed by atoms with van der Waals surface area (Å²) in [7, 11) is 0. The molecule has 0 heterocycles. The third kappa shape index (κ3) is 8.82. The Kier molecular flexibility index (Phi) is 11.7. The van der Waals surface area contributed by atoms with Crippen molar-refractivity contribution in [3.05, 3.63) is 285 Å². The lowest BCUT2D eigenvalue weighted by Crippen LogP contribution is -2.12. The number of rotatable bonds is 13. The maximum Gasteiger partial charge on any atom is 0.0540 e. The van der Waals surface area contributed by atoms with Crippen LogP contribution in [0.2, 0.25) is 0 Å². The predicted octanol–water partition coefficient (Wildman–Crippen LogP) is 18.3. The first kappa shape index (κ1) is 41.6. The third-order valence-corrected chi connectivity index (χ3v) is 12.4. The van der Waals surface area contributed by atoms with Crippen LogP contribution in [0.15, 0.2) is 285 Å². The van der Waals surface area contributed by atoms with Crippen LogP contribution >= 0.6 is 0 Å². The molecule has 0 unspecified atom stereocenters. The molecule has 1 N–H and O–H groups in total. The summed E-state index contributed by atoms with van der Waals surface area (Å²) >= 11 is 0. The summed E-state index contributed by atoms with van der Waals surface area (Å²) in [6.45, 7) is 0. The van der Waals surface area contributed by atoms with Crippen molar-refractivity contribution in [2.75, 3.05) is 20.0 Å². The molecule has 11 aromatic rings. The van der Waals surface area contributed by atoms with Crippen LogP contribution in [0.25, 0.3) is 33.0 Å². The van der Waals surface area contributed by atoms with Gasteiger partial charge in [0.15, 0.2) is 0 Å². The Hall–Kier alpha value is -9.12. The van der Waals surface area contributed by atoms with E-state index in [2.05, 4.69) is 287 Å². The van der Waals surface area contributed by atoms with Crippen molar-refractivity contribution in [2.45, 2.75) is 0 Å². The summed E-state index contributed by atoms with van der Waals surface area (Å²) in [5, 5.41) is 5.93. The maximum atomic E-state index is 3.53. The average Bonchev–Trinajstić information content (AvgIpc) is 3.42. The molecule has 0 fully saturated rings. The molecular formula is C64H48N4. The Morgan fingerprint density at radius 2 is 0.500 bits per heavy atom. The van der Waals surface area contributed by atoms with Crippen molar-refractivity contribution < 1.29 is 0 Å². The van der Waals surface area contributed by atoms with Gasteiger partial charge in [-0.05, 0) is 155 Å². The summed E-state index contributed by atoms with van der Waals surface area (Å²) in [6, 6.07) is 101. The Morgan fingerprint density at radius 1 is 0.206 bits per heavy atom. The maximum absolute atomic E-state index is 3.53. The molecule has 11 aromatic carbocycles. The SMILES string of the molecule is c1ccc(Nc2ccc(N(c3ccc(-c4ccc(-c5ccc(N(c6ccccc6)c6ccc(N(c7ccccc7)c7ccccc7)cc6)cc5)cc4)cc3)c3cccc4ccccc34)cc2)cc1. The highest BCUT2D eigenvalue weighted by Gasteiger charge is 2.18. The van der Waals surface area contributed by atoms with Gasteiger partial charge in [-0.1, -0.05) is 158 Å². The van der Waals surface area contributed by atoms with Crippen LogP contribution in [-0.2, 0) is 0 Å². The third-order valence-electron chi connectivity index (χ3n) is 12.4. The Balaban J connectivity index is 0.846. The quantitative estimate of drug-likeness (QED) is 0.125. The van der Waals surface area contributed by atoms with Crippen molar-refractivity contribution in [1.82, 2.24) is 0 Å². The van der Waals surface area contributed by atoms with Crippen LogP contribution in [0.5, 0.6) is 0 Å². The number of anilines is 11. The number of hydrogen-bond donors (Lipinski definition) is 1. The van der Waals surface area contributed by atoms with Gasteiger partial charge in [0.2, 0.25) is 0 Å². The first-order valence-corrected chi connectivity index (χ1v) is 23.1. The second-order valence-electron chi connectivity index (χ2n) is 16.7. The van der Waals surface area contributed by atoms with Crippen LogP contribution < -0.4 is 20.0 Å². The lowest BCUT2D eigenvalue weighted by molar-refractivity contribution is 1.26. The van der Waals surface area contributed by atoms with Gasteiger partial charge in [-0.25, -0.2) is 0 Å². The molecule has 324 valence electrons. The van der Waals surface area contributed by atoms with Crippen molar-refractivity contribution in [2.24, 2.45) is 0 Å². The van der Waals surface area contributed by atoms with E-state index in [1.807, 2.05) is 18.2 Å². The zero-order valence-electron chi connectivity index (χ0n) is 37.5. The van der Waals surface area contributed by atoms with Crippen molar-refractivity contribution in [3.8, 4) is 22.3 Å². The van der Waals surface area contributed by atoms with Crippen LogP contribution in [0.1, 0.15) is 0 Å². The summed E-state index contributed by atoms with van der Waals surface area (Å²) < 4.78 is 0. The van der Waals surface area contributed by atoms with Gasteiger partial charge in [-0.15, -0.1) is 0 Å². The number of hydrogen-bond acceptors (Lipinski definition) is 4. The molecule has 0 aromatic heterocycles. The number of nitrogens with one attached hydrogen (secondary N) is 1. The highest BCUT2D eigenvalue weighted by Crippen LogP contribution is 2.42. The largest absolute Gasteiger partial charge is 0.356 e. The van der Waals surface area contributed by atoms with E-state index in [0.717, 1.165) is 73.7 Å². The van der Waals surface area contributed by atoms with Crippen LogP contribution in [0.4, 0.5) is 62.6 Å². The Bertz CT molecular complexity index is 3320. The zero-order chi connectivity index (χ0) is 45.5. The summed E-state index contributed by atoms with van der Waals surface area (Å²) in [5.74, 6) is 0. The first-order chi connectivity index (χ1) is 33.7. The van der Waals surface area contributed by atoms with Gasteiger partial charge < -0.3 is 20.0 Å². The highest BCUT2D eigenvalue weighted by atomic mass is 15.2. The molecule has 4 heteroatoms. The number of para-hydroxylation sites is 4. The minimum Gasteiger partial charge on any atom is -0.356 e. The summed E-state index contributed by atoms with van der Waals surface area (Å²) in [5.41, 5.74) is 16.7. The molecule has 0 bridgehead atoms. The average molecular weight is 873 g/mol. The van der Waals surface area contributed by atoms with E-state index in [0.29, 0.717) is 0 Å². The number of nitrogens with zero attached hydrogens (tertiary/aromatic N) is 3. The minimum absolute atomic E-state index is 1.04. The van der Waals surface area contributed by atoms with Crippen molar-refractivity contribution >= 4 is 73.3 Å². The second kappa shape index (κ2) is 19.2. The molecule has 0 radical (unpaired) electrons. The summed E-state index contributed by atoms with van der Waals surface area (Å²) in [6.07, 6.45) is 0. The van der Waals surface area contributed by atoms with Gasteiger partial charge in [-0.2, -0.15) is 0 Å².